The maximum Gasteiger partial charge on any atom is 0.181 e. The van der Waals surface area contributed by atoms with E-state index in [2.05, 4.69) is 20.8 Å². The molecule has 2 aromatic heterocycles. The summed E-state index contributed by atoms with van der Waals surface area (Å²) >= 11 is 0. The SMILES string of the molecule is COc1cccc(F)c1CNc1ccc(-c2ccc(S(=O)(=O)C3CCNCC3)cc2)c2nncn12. The van der Waals surface area contributed by atoms with Crippen LogP contribution in [0, 0.1) is 5.82 Å². The zero-order chi connectivity index (χ0) is 24.4. The van der Waals surface area contributed by atoms with Crippen LogP contribution in [0.4, 0.5) is 10.2 Å². The van der Waals surface area contributed by atoms with Gasteiger partial charge in [-0.05, 0) is 67.9 Å². The lowest BCUT2D eigenvalue weighted by atomic mass is 10.1. The molecule has 4 aromatic rings. The third-order valence-corrected chi connectivity index (χ3v) is 8.70. The molecule has 0 unspecified atom stereocenters. The van der Waals surface area contributed by atoms with E-state index in [1.54, 1.807) is 47.1 Å². The summed E-state index contributed by atoms with van der Waals surface area (Å²) in [6.07, 6.45) is 2.82. The van der Waals surface area contributed by atoms with Crippen molar-refractivity contribution in [1.29, 1.82) is 0 Å². The molecule has 1 aliphatic heterocycles. The minimum absolute atomic E-state index is 0.214. The summed E-state index contributed by atoms with van der Waals surface area (Å²) < 4.78 is 47.4. The molecule has 1 saturated heterocycles. The van der Waals surface area contributed by atoms with E-state index < -0.39 is 9.84 Å². The van der Waals surface area contributed by atoms with Crippen LogP contribution in [-0.2, 0) is 16.4 Å². The maximum atomic E-state index is 14.3. The number of anilines is 1. The number of nitrogens with one attached hydrogen (secondary N) is 2. The monoisotopic (exact) mass is 495 g/mol. The Balaban J connectivity index is 1.41. The van der Waals surface area contributed by atoms with Crippen LogP contribution in [-0.4, -0.2) is 48.5 Å². The second-order valence-corrected chi connectivity index (χ2v) is 10.7. The standard InChI is InChI=1S/C25H26FN5O3S/c1-34-23-4-2-3-22(26)21(23)15-28-24-10-9-20(25-30-29-16-31(24)25)17-5-7-18(8-6-17)35(32,33)19-11-13-27-14-12-19/h2-10,16,19,27-28H,11-15H2,1H3. The Bertz CT molecular complexity index is 1450. The van der Waals surface area contributed by atoms with Gasteiger partial charge in [-0.2, -0.15) is 0 Å². The number of aromatic nitrogens is 3. The summed E-state index contributed by atoms with van der Waals surface area (Å²) in [6, 6.07) is 15.4. The molecule has 182 valence electrons. The predicted molar refractivity (Wildman–Crippen MR) is 132 cm³/mol. The normalized spacial score (nSPS) is 14.8. The maximum absolute atomic E-state index is 14.3. The number of benzene rings is 2. The van der Waals surface area contributed by atoms with Gasteiger partial charge in [-0.3, -0.25) is 4.40 Å². The van der Waals surface area contributed by atoms with E-state index in [1.165, 1.54) is 13.2 Å². The van der Waals surface area contributed by atoms with Crippen molar-refractivity contribution in [3.05, 3.63) is 72.3 Å². The van der Waals surface area contributed by atoms with Crippen LogP contribution in [0.15, 0.2) is 65.8 Å². The molecule has 8 nitrogen and oxygen atoms in total. The minimum Gasteiger partial charge on any atom is -0.496 e. The number of hydrogen-bond acceptors (Lipinski definition) is 7. The Morgan fingerprint density at radius 2 is 1.89 bits per heavy atom. The van der Waals surface area contributed by atoms with Gasteiger partial charge in [0.05, 0.1) is 17.3 Å². The molecular formula is C25H26FN5O3S. The van der Waals surface area contributed by atoms with Crippen molar-refractivity contribution in [2.75, 3.05) is 25.5 Å². The summed E-state index contributed by atoms with van der Waals surface area (Å²) in [4.78, 5) is 0.336. The number of halogens is 1. The van der Waals surface area contributed by atoms with Gasteiger partial charge in [0.2, 0.25) is 0 Å². The Morgan fingerprint density at radius 3 is 2.63 bits per heavy atom. The van der Waals surface area contributed by atoms with Gasteiger partial charge in [0.25, 0.3) is 0 Å². The molecule has 5 rings (SSSR count). The molecule has 2 N–H and O–H groups in total. The van der Waals surface area contributed by atoms with Crippen LogP contribution in [0.1, 0.15) is 18.4 Å². The molecule has 0 bridgehead atoms. The molecule has 0 spiro atoms. The number of fused-ring (bicyclic) bond motifs is 1. The molecule has 0 amide bonds. The quantitative estimate of drug-likeness (QED) is 0.404. The topological polar surface area (TPSA) is 97.6 Å². The van der Waals surface area contributed by atoms with E-state index in [-0.39, 0.29) is 17.6 Å². The van der Waals surface area contributed by atoms with Crippen LogP contribution >= 0.6 is 0 Å². The number of nitrogens with zero attached hydrogens (tertiary/aromatic N) is 3. The van der Waals surface area contributed by atoms with Crippen molar-refractivity contribution in [1.82, 2.24) is 19.9 Å². The van der Waals surface area contributed by atoms with Gasteiger partial charge in [-0.15, -0.1) is 10.2 Å². The average molecular weight is 496 g/mol. The first kappa shape index (κ1) is 23.3. The Hall–Kier alpha value is -3.50. The van der Waals surface area contributed by atoms with Gasteiger partial charge in [0.1, 0.15) is 23.7 Å². The van der Waals surface area contributed by atoms with Gasteiger partial charge in [-0.25, -0.2) is 12.8 Å². The first-order valence-corrected chi connectivity index (χ1v) is 13.0. The third-order valence-electron chi connectivity index (χ3n) is 6.42. The van der Waals surface area contributed by atoms with Crippen LogP contribution in [0.5, 0.6) is 5.75 Å². The van der Waals surface area contributed by atoms with E-state index in [9.17, 15) is 12.8 Å². The Labute approximate surface area is 203 Å². The number of piperidine rings is 1. The van der Waals surface area contributed by atoms with Gasteiger partial charge >= 0.3 is 0 Å². The molecule has 1 aliphatic rings. The Kier molecular flexibility index (Phi) is 6.40. The number of methoxy groups -OCH3 is 1. The molecular weight excluding hydrogens is 469 g/mol. The van der Waals surface area contributed by atoms with E-state index in [0.29, 0.717) is 40.5 Å². The largest absolute Gasteiger partial charge is 0.496 e. The highest BCUT2D eigenvalue weighted by Gasteiger charge is 2.28. The number of rotatable bonds is 7. The molecule has 10 heteroatoms. The molecule has 0 aliphatic carbocycles. The zero-order valence-corrected chi connectivity index (χ0v) is 20.1. The van der Waals surface area contributed by atoms with Crippen molar-refractivity contribution in [2.24, 2.45) is 0 Å². The molecule has 3 heterocycles. The zero-order valence-electron chi connectivity index (χ0n) is 19.2. The van der Waals surface area contributed by atoms with Crippen molar-refractivity contribution < 1.29 is 17.5 Å². The van der Waals surface area contributed by atoms with Crippen LogP contribution in [0.25, 0.3) is 16.8 Å². The number of sulfone groups is 1. The number of pyridine rings is 1. The van der Waals surface area contributed by atoms with Crippen LogP contribution in [0.3, 0.4) is 0 Å². The van der Waals surface area contributed by atoms with Gasteiger partial charge in [0, 0.05) is 17.7 Å². The molecule has 0 saturated carbocycles. The van der Waals surface area contributed by atoms with E-state index in [1.807, 2.05) is 12.1 Å². The Morgan fingerprint density at radius 1 is 1.11 bits per heavy atom. The van der Waals surface area contributed by atoms with Crippen molar-refractivity contribution in [2.45, 2.75) is 29.5 Å². The molecule has 35 heavy (non-hydrogen) atoms. The second kappa shape index (κ2) is 9.63. The van der Waals surface area contributed by atoms with Crippen molar-refractivity contribution >= 4 is 21.3 Å². The predicted octanol–water partition coefficient (Wildman–Crippen LogP) is 3.68. The lowest BCUT2D eigenvalue weighted by molar-refractivity contribution is 0.405. The lowest BCUT2D eigenvalue weighted by Crippen LogP contribution is -2.35. The lowest BCUT2D eigenvalue weighted by Gasteiger charge is -2.22. The second-order valence-electron chi connectivity index (χ2n) is 8.45. The fourth-order valence-corrected chi connectivity index (χ4v) is 6.24. The molecule has 1 fully saturated rings. The minimum atomic E-state index is -3.37. The smallest absolute Gasteiger partial charge is 0.181 e. The van der Waals surface area contributed by atoms with Gasteiger partial charge in [-0.1, -0.05) is 18.2 Å². The fraction of sp³-hybridized carbons (Fsp3) is 0.280. The highest BCUT2D eigenvalue weighted by atomic mass is 32.2. The summed E-state index contributed by atoms with van der Waals surface area (Å²) in [5.41, 5.74) is 2.66. The summed E-state index contributed by atoms with van der Waals surface area (Å²) in [6.45, 7) is 1.65. The van der Waals surface area contributed by atoms with E-state index >= 15 is 0 Å². The van der Waals surface area contributed by atoms with E-state index in [0.717, 1.165) is 24.2 Å². The highest BCUT2D eigenvalue weighted by molar-refractivity contribution is 7.92. The molecule has 2 aromatic carbocycles. The summed E-state index contributed by atoms with van der Waals surface area (Å²) in [5.74, 6) is 0.797. The van der Waals surface area contributed by atoms with Gasteiger partial charge < -0.3 is 15.4 Å². The van der Waals surface area contributed by atoms with Crippen molar-refractivity contribution in [3.63, 3.8) is 0 Å². The van der Waals surface area contributed by atoms with Crippen molar-refractivity contribution in [3.8, 4) is 16.9 Å². The molecule has 0 atom stereocenters. The highest BCUT2D eigenvalue weighted by Crippen LogP contribution is 2.30. The number of hydrogen-bond donors (Lipinski definition) is 2. The molecule has 0 radical (unpaired) electrons. The third kappa shape index (κ3) is 4.46. The van der Waals surface area contributed by atoms with Crippen LogP contribution < -0.4 is 15.4 Å². The summed E-state index contributed by atoms with van der Waals surface area (Å²) in [7, 11) is -1.86. The summed E-state index contributed by atoms with van der Waals surface area (Å²) in [5, 5.41) is 14.4. The first-order chi connectivity index (χ1) is 17.0. The fourth-order valence-electron chi connectivity index (χ4n) is 4.48. The first-order valence-electron chi connectivity index (χ1n) is 11.4. The van der Waals surface area contributed by atoms with E-state index in [4.69, 9.17) is 4.74 Å². The van der Waals surface area contributed by atoms with Gasteiger partial charge in [0.15, 0.2) is 15.5 Å². The van der Waals surface area contributed by atoms with Crippen LogP contribution in [0.2, 0.25) is 0 Å². The average Bonchev–Trinajstić information content (AvgIpc) is 3.39. The number of ether oxygens (including phenoxy) is 1.